The minimum absolute atomic E-state index is 0.474. The van der Waals surface area contributed by atoms with Gasteiger partial charge >= 0.3 is 24.3 Å². The molecule has 1 unspecified atom stereocenters. The zero-order valence-corrected chi connectivity index (χ0v) is 20.3. The number of halogens is 6. The molecule has 2 N–H and O–H groups in total. The molecule has 0 radical (unpaired) electrons. The van der Waals surface area contributed by atoms with Gasteiger partial charge in [-0.15, -0.1) is 0 Å². The lowest BCUT2D eigenvalue weighted by molar-refractivity contribution is -0.193. The second kappa shape index (κ2) is 13.5. The topological polar surface area (TPSA) is 107 Å². The molecule has 4 heterocycles. The summed E-state index contributed by atoms with van der Waals surface area (Å²) in [7, 11) is 0. The van der Waals surface area contributed by atoms with Gasteiger partial charge in [-0.1, -0.05) is 12.1 Å². The van der Waals surface area contributed by atoms with Crippen molar-refractivity contribution in [2.24, 2.45) is 5.41 Å². The van der Waals surface area contributed by atoms with Gasteiger partial charge < -0.3 is 10.2 Å². The first kappa shape index (κ1) is 31.0. The van der Waals surface area contributed by atoms with E-state index in [0.29, 0.717) is 5.41 Å². The minimum atomic E-state index is -5.08. The average molecular weight is 551 g/mol. The number of alkyl halides is 6. The van der Waals surface area contributed by atoms with Crippen LogP contribution in [0.25, 0.3) is 0 Å². The molecule has 0 amide bonds. The molecule has 2 aromatic heterocycles. The van der Waals surface area contributed by atoms with Gasteiger partial charge in [0.1, 0.15) is 0 Å². The number of likely N-dealkylation sites (tertiary alicyclic amines) is 2. The van der Waals surface area contributed by atoms with Crippen molar-refractivity contribution in [3.05, 3.63) is 60.2 Å². The fourth-order valence-corrected chi connectivity index (χ4v) is 4.38. The number of aromatic nitrogens is 2. The van der Waals surface area contributed by atoms with E-state index in [0.717, 1.165) is 13.1 Å². The predicted molar refractivity (Wildman–Crippen MR) is 123 cm³/mol. The maximum Gasteiger partial charge on any atom is 0.490 e. The fraction of sp³-hybridized carbons (Fsp3) is 0.500. The van der Waals surface area contributed by atoms with Crippen molar-refractivity contribution in [3.8, 4) is 0 Å². The van der Waals surface area contributed by atoms with Crippen molar-refractivity contribution in [1.29, 1.82) is 0 Å². The van der Waals surface area contributed by atoms with Gasteiger partial charge in [-0.25, -0.2) is 9.59 Å². The summed E-state index contributed by atoms with van der Waals surface area (Å²) < 4.78 is 63.5. The van der Waals surface area contributed by atoms with Crippen LogP contribution in [0.1, 0.15) is 30.7 Å². The van der Waals surface area contributed by atoms with E-state index in [-0.39, 0.29) is 0 Å². The van der Waals surface area contributed by atoms with Crippen molar-refractivity contribution in [1.82, 2.24) is 19.8 Å². The molecule has 4 rings (SSSR count). The molecule has 38 heavy (non-hydrogen) atoms. The molecule has 8 nitrogen and oxygen atoms in total. The molecule has 2 aliphatic rings. The Balaban J connectivity index is 0.000000301. The summed E-state index contributed by atoms with van der Waals surface area (Å²) in [6.07, 6.45) is -2.37. The lowest BCUT2D eigenvalue weighted by Gasteiger charge is -2.40. The number of hydrogen-bond donors (Lipinski definition) is 2. The predicted octanol–water partition coefficient (Wildman–Crippen LogP) is 4.23. The maximum absolute atomic E-state index is 10.6. The Morgan fingerprint density at radius 2 is 1.18 bits per heavy atom. The third-order valence-corrected chi connectivity index (χ3v) is 5.97. The van der Waals surface area contributed by atoms with Crippen molar-refractivity contribution in [2.75, 3.05) is 26.2 Å². The Bertz CT molecular complexity index is 1000. The highest BCUT2D eigenvalue weighted by atomic mass is 19.4. The van der Waals surface area contributed by atoms with E-state index >= 15 is 0 Å². The van der Waals surface area contributed by atoms with Gasteiger partial charge in [-0.2, -0.15) is 26.3 Å². The second-order valence-corrected chi connectivity index (χ2v) is 9.02. The Morgan fingerprint density at radius 3 is 1.55 bits per heavy atom. The molecule has 2 fully saturated rings. The van der Waals surface area contributed by atoms with E-state index in [1.807, 2.05) is 24.5 Å². The molecular formula is C24H28F6N4O4. The van der Waals surface area contributed by atoms with Crippen molar-refractivity contribution in [2.45, 2.75) is 44.7 Å². The Labute approximate surface area is 214 Å². The van der Waals surface area contributed by atoms with E-state index in [9.17, 15) is 26.3 Å². The van der Waals surface area contributed by atoms with Gasteiger partial charge in [0, 0.05) is 38.6 Å². The van der Waals surface area contributed by atoms with Gasteiger partial charge in [0.15, 0.2) is 0 Å². The largest absolute Gasteiger partial charge is 0.490 e. The molecule has 1 spiro atoms. The van der Waals surface area contributed by atoms with Crippen LogP contribution in [0.3, 0.4) is 0 Å². The number of nitrogens with zero attached hydrogens (tertiary/aromatic N) is 4. The van der Waals surface area contributed by atoms with Gasteiger partial charge in [0.2, 0.25) is 0 Å². The molecular weight excluding hydrogens is 522 g/mol. The monoisotopic (exact) mass is 550 g/mol. The molecule has 0 aliphatic carbocycles. The first-order chi connectivity index (χ1) is 17.7. The van der Waals surface area contributed by atoms with Crippen molar-refractivity contribution >= 4 is 11.9 Å². The number of piperidine rings is 1. The van der Waals surface area contributed by atoms with Crippen LogP contribution in [0, 0.1) is 5.41 Å². The third-order valence-electron chi connectivity index (χ3n) is 5.97. The summed E-state index contributed by atoms with van der Waals surface area (Å²) in [4.78, 5) is 32.0. The number of carbonyl (C=O) groups is 2. The highest BCUT2D eigenvalue weighted by Crippen LogP contribution is 2.39. The number of pyridine rings is 2. The fourth-order valence-electron chi connectivity index (χ4n) is 4.38. The van der Waals surface area contributed by atoms with Gasteiger partial charge in [0.25, 0.3) is 0 Å². The maximum atomic E-state index is 10.6. The van der Waals surface area contributed by atoms with Crippen LogP contribution in [0.5, 0.6) is 0 Å². The summed E-state index contributed by atoms with van der Waals surface area (Å²) >= 11 is 0. The van der Waals surface area contributed by atoms with E-state index in [2.05, 4.69) is 44.0 Å². The first-order valence-electron chi connectivity index (χ1n) is 11.5. The normalized spacial score (nSPS) is 20.2. The van der Waals surface area contributed by atoms with Crippen molar-refractivity contribution in [3.63, 3.8) is 0 Å². The number of hydrogen-bond acceptors (Lipinski definition) is 6. The average Bonchev–Trinajstić information content (AvgIpc) is 3.21. The summed E-state index contributed by atoms with van der Waals surface area (Å²) in [5, 5.41) is 14.2. The molecule has 0 aromatic carbocycles. The second-order valence-electron chi connectivity index (χ2n) is 9.02. The summed E-state index contributed by atoms with van der Waals surface area (Å²) in [5.41, 5.74) is 2.86. The summed E-state index contributed by atoms with van der Waals surface area (Å²) in [6.45, 7) is 6.81. The quantitative estimate of drug-likeness (QED) is 0.545. The Morgan fingerprint density at radius 1 is 0.763 bits per heavy atom. The lowest BCUT2D eigenvalue weighted by atomic mass is 9.79. The number of aliphatic carboxylic acids is 2. The molecule has 2 aliphatic heterocycles. The molecule has 1 atom stereocenters. The molecule has 0 saturated carbocycles. The van der Waals surface area contributed by atoms with Crippen LogP contribution in [-0.2, 0) is 22.7 Å². The standard InChI is InChI=1S/C20H26N4.2C2HF3O2/c1-3-10-21-18(6-1)14-23-12-5-8-20(16-23)9-13-24(17-20)15-19-7-2-4-11-22-19;2*3-2(4,5)1(6)7/h1-4,6-7,10-11H,5,8-9,12-17H2;2*(H,6,7). The Kier molecular flexibility index (Phi) is 11.0. The molecule has 0 bridgehead atoms. The SMILES string of the molecule is O=C(O)C(F)(F)F.O=C(O)C(F)(F)F.c1ccc(CN2CCCC3(CCN(Cc4ccccn4)C3)C2)nc1. The van der Waals surface area contributed by atoms with E-state index in [4.69, 9.17) is 19.8 Å². The Hall–Kier alpha value is -3.26. The number of rotatable bonds is 4. The minimum Gasteiger partial charge on any atom is -0.475 e. The molecule has 2 saturated heterocycles. The van der Waals surface area contributed by atoms with Crippen LogP contribution in [0.4, 0.5) is 26.3 Å². The van der Waals surface area contributed by atoms with Crippen molar-refractivity contribution < 1.29 is 46.1 Å². The molecule has 2 aromatic rings. The van der Waals surface area contributed by atoms with Crippen LogP contribution >= 0.6 is 0 Å². The first-order valence-corrected chi connectivity index (χ1v) is 11.5. The highest BCUT2D eigenvalue weighted by molar-refractivity contribution is 5.73. The zero-order valence-electron chi connectivity index (χ0n) is 20.3. The van der Waals surface area contributed by atoms with Gasteiger partial charge in [0.05, 0.1) is 11.4 Å². The van der Waals surface area contributed by atoms with Gasteiger partial charge in [-0.05, 0) is 62.0 Å². The summed E-state index contributed by atoms with van der Waals surface area (Å²) in [6, 6.07) is 12.4. The zero-order chi connectivity index (χ0) is 28.4. The third kappa shape index (κ3) is 10.6. The van der Waals surface area contributed by atoms with Crippen LogP contribution in [0.15, 0.2) is 48.8 Å². The molecule has 14 heteroatoms. The van der Waals surface area contributed by atoms with E-state index in [1.165, 1.54) is 56.8 Å². The highest BCUT2D eigenvalue weighted by Gasteiger charge is 2.41. The lowest BCUT2D eigenvalue weighted by Crippen LogP contribution is -2.44. The van der Waals surface area contributed by atoms with E-state index in [1.54, 1.807) is 0 Å². The number of carboxylic acids is 2. The van der Waals surface area contributed by atoms with Crippen LogP contribution < -0.4 is 0 Å². The van der Waals surface area contributed by atoms with Crippen LogP contribution in [0.2, 0.25) is 0 Å². The van der Waals surface area contributed by atoms with E-state index < -0.39 is 24.3 Å². The smallest absolute Gasteiger partial charge is 0.475 e. The van der Waals surface area contributed by atoms with Crippen LogP contribution in [-0.4, -0.2) is 80.5 Å². The number of carboxylic acid groups (broad SMARTS) is 2. The van der Waals surface area contributed by atoms with Gasteiger partial charge in [-0.3, -0.25) is 19.8 Å². The molecule has 210 valence electrons. The summed E-state index contributed by atoms with van der Waals surface area (Å²) in [5.74, 6) is -5.51.